The zero-order valence-corrected chi connectivity index (χ0v) is 18.1. The number of hydrogen-bond acceptors (Lipinski definition) is 4. The van der Waals surface area contributed by atoms with Crippen molar-refractivity contribution in [3.8, 4) is 0 Å². The number of amides is 2. The highest BCUT2D eigenvalue weighted by molar-refractivity contribution is 5.89. The Morgan fingerprint density at radius 2 is 1.61 bits per heavy atom. The number of rotatable bonds is 6. The maximum atomic E-state index is 12.9. The molecule has 2 amide bonds. The number of nitrogens with one attached hydrogen (secondary N) is 3. The predicted molar refractivity (Wildman–Crippen MR) is 120 cm³/mol. The van der Waals surface area contributed by atoms with Crippen molar-refractivity contribution >= 4 is 28.9 Å². The van der Waals surface area contributed by atoms with Gasteiger partial charge >= 0.3 is 6.18 Å². The molecule has 3 N–H and O–H groups in total. The second kappa shape index (κ2) is 9.72. The minimum atomic E-state index is -4.10. The Balaban J connectivity index is 1.25. The molecule has 2 aliphatic heterocycles. The van der Waals surface area contributed by atoms with Crippen LogP contribution in [0.1, 0.15) is 24.8 Å². The van der Waals surface area contributed by atoms with Gasteiger partial charge in [-0.05, 0) is 54.8 Å². The number of hydrogen-bond donors (Lipinski definition) is 3. The molecule has 0 unspecified atom stereocenters. The average molecular weight is 461 g/mol. The summed E-state index contributed by atoms with van der Waals surface area (Å²) in [6.45, 7) is 1.59. The molecule has 2 aromatic rings. The van der Waals surface area contributed by atoms with Crippen LogP contribution in [0.25, 0.3) is 0 Å². The fourth-order valence-corrected chi connectivity index (χ4v) is 4.22. The smallest absolute Gasteiger partial charge is 0.372 e. The van der Waals surface area contributed by atoms with E-state index in [1.165, 1.54) is 0 Å². The number of piperidine rings is 1. The second-order valence-electron chi connectivity index (χ2n) is 8.59. The quantitative estimate of drug-likeness (QED) is 0.610. The van der Waals surface area contributed by atoms with Crippen LogP contribution in [0.5, 0.6) is 0 Å². The third kappa shape index (κ3) is 5.97. The van der Waals surface area contributed by atoms with Crippen LogP contribution >= 0.6 is 0 Å². The summed E-state index contributed by atoms with van der Waals surface area (Å²) in [5, 5.41) is 8.82. The Bertz CT molecular complexity index is 969. The first kappa shape index (κ1) is 22.9. The number of halogens is 3. The normalized spacial score (nSPS) is 19.3. The van der Waals surface area contributed by atoms with Gasteiger partial charge < -0.3 is 20.9 Å². The zero-order valence-electron chi connectivity index (χ0n) is 18.1. The summed E-state index contributed by atoms with van der Waals surface area (Å²) in [6.07, 6.45) is -3.61. The molecule has 176 valence electrons. The van der Waals surface area contributed by atoms with Crippen molar-refractivity contribution in [2.24, 2.45) is 11.8 Å². The van der Waals surface area contributed by atoms with Gasteiger partial charge in [0.25, 0.3) is 0 Å². The minimum absolute atomic E-state index is 0.0929. The molecule has 0 aromatic heterocycles. The highest BCUT2D eigenvalue weighted by atomic mass is 19.4. The first-order chi connectivity index (χ1) is 15.8. The lowest BCUT2D eigenvalue weighted by Gasteiger charge is -2.34. The SMILES string of the molecule is O=C1C[C@H](C(=O)NCc2ccc(Nc3ccc(N4CCC(C(F)(F)F)CC4)cc3)cc2)CN1. The molecule has 0 aliphatic carbocycles. The third-order valence-electron chi connectivity index (χ3n) is 6.25. The molecule has 1 atom stereocenters. The van der Waals surface area contributed by atoms with Crippen LogP contribution in [0, 0.1) is 11.8 Å². The summed E-state index contributed by atoms with van der Waals surface area (Å²) < 4.78 is 38.6. The van der Waals surface area contributed by atoms with E-state index in [4.69, 9.17) is 0 Å². The molecule has 2 heterocycles. The standard InChI is InChI=1S/C24H27F3N4O2/c25-24(26,27)18-9-11-31(12-10-18)21-7-5-20(6-8-21)30-19-3-1-16(2-4-19)14-29-23(33)17-13-22(32)28-15-17/h1-8,17-18,30H,9-15H2,(H,28,32)(H,29,33)/t17-/m0/s1. The van der Waals surface area contributed by atoms with Crippen molar-refractivity contribution in [2.45, 2.75) is 32.0 Å². The van der Waals surface area contributed by atoms with E-state index in [0.717, 1.165) is 22.6 Å². The van der Waals surface area contributed by atoms with Crippen LogP contribution in [0.15, 0.2) is 48.5 Å². The van der Waals surface area contributed by atoms with Crippen molar-refractivity contribution in [3.05, 3.63) is 54.1 Å². The van der Waals surface area contributed by atoms with Crippen LogP contribution < -0.4 is 20.9 Å². The lowest BCUT2D eigenvalue weighted by Crippen LogP contribution is -2.38. The van der Waals surface area contributed by atoms with Crippen LogP contribution in [0.4, 0.5) is 30.2 Å². The van der Waals surface area contributed by atoms with Gasteiger partial charge in [-0.25, -0.2) is 0 Å². The molecular weight excluding hydrogens is 433 g/mol. The zero-order chi connectivity index (χ0) is 23.4. The Labute approximate surface area is 190 Å². The number of carbonyl (C=O) groups is 2. The summed E-state index contributed by atoms with van der Waals surface area (Å²) in [6, 6.07) is 15.3. The molecule has 0 bridgehead atoms. The molecule has 0 spiro atoms. The Kier molecular flexibility index (Phi) is 6.76. The predicted octanol–water partition coefficient (Wildman–Crippen LogP) is 3.96. The van der Waals surface area contributed by atoms with Gasteiger partial charge in [0, 0.05) is 49.7 Å². The van der Waals surface area contributed by atoms with Gasteiger partial charge in [0.15, 0.2) is 0 Å². The Morgan fingerprint density at radius 1 is 1.00 bits per heavy atom. The number of nitrogens with zero attached hydrogens (tertiary/aromatic N) is 1. The van der Waals surface area contributed by atoms with Gasteiger partial charge in [0.05, 0.1) is 11.8 Å². The average Bonchev–Trinajstić information content (AvgIpc) is 3.25. The lowest BCUT2D eigenvalue weighted by molar-refractivity contribution is -0.179. The number of carbonyl (C=O) groups excluding carboxylic acids is 2. The summed E-state index contributed by atoms with van der Waals surface area (Å²) >= 11 is 0. The molecule has 9 heteroatoms. The molecule has 2 aliphatic rings. The van der Waals surface area contributed by atoms with Gasteiger partial charge in [-0.2, -0.15) is 13.2 Å². The topological polar surface area (TPSA) is 73.5 Å². The van der Waals surface area contributed by atoms with E-state index in [2.05, 4.69) is 16.0 Å². The second-order valence-corrected chi connectivity index (χ2v) is 8.59. The molecular formula is C24H27F3N4O2. The first-order valence-corrected chi connectivity index (χ1v) is 11.1. The number of benzene rings is 2. The van der Waals surface area contributed by atoms with E-state index >= 15 is 0 Å². The fraction of sp³-hybridized carbons (Fsp3) is 0.417. The van der Waals surface area contributed by atoms with E-state index in [1.54, 1.807) is 0 Å². The molecule has 0 saturated carbocycles. The van der Waals surface area contributed by atoms with Gasteiger partial charge in [-0.3, -0.25) is 9.59 Å². The third-order valence-corrected chi connectivity index (χ3v) is 6.25. The van der Waals surface area contributed by atoms with Crippen LogP contribution in [-0.4, -0.2) is 37.6 Å². The largest absolute Gasteiger partial charge is 0.391 e. The van der Waals surface area contributed by atoms with E-state index in [0.29, 0.717) is 26.2 Å². The summed E-state index contributed by atoms with van der Waals surface area (Å²) in [5.74, 6) is -1.73. The van der Waals surface area contributed by atoms with Crippen molar-refractivity contribution in [3.63, 3.8) is 0 Å². The van der Waals surface area contributed by atoms with E-state index in [1.807, 2.05) is 53.4 Å². The van der Waals surface area contributed by atoms with Crippen molar-refractivity contribution < 1.29 is 22.8 Å². The fourth-order valence-electron chi connectivity index (χ4n) is 4.22. The molecule has 4 rings (SSSR count). The van der Waals surface area contributed by atoms with Gasteiger partial charge in [-0.15, -0.1) is 0 Å². The molecule has 6 nitrogen and oxygen atoms in total. The van der Waals surface area contributed by atoms with Crippen molar-refractivity contribution in [2.75, 3.05) is 29.9 Å². The van der Waals surface area contributed by atoms with E-state index in [9.17, 15) is 22.8 Å². The summed E-state index contributed by atoms with van der Waals surface area (Å²) in [5.41, 5.74) is 3.63. The Hall–Kier alpha value is -3.23. The molecule has 0 radical (unpaired) electrons. The van der Waals surface area contributed by atoms with Crippen molar-refractivity contribution in [1.29, 1.82) is 0 Å². The maximum absolute atomic E-state index is 12.9. The van der Waals surface area contributed by atoms with Crippen LogP contribution in [0.2, 0.25) is 0 Å². The monoisotopic (exact) mass is 460 g/mol. The Morgan fingerprint density at radius 3 is 2.15 bits per heavy atom. The molecule has 2 saturated heterocycles. The highest BCUT2D eigenvalue weighted by Crippen LogP contribution is 2.35. The van der Waals surface area contributed by atoms with Crippen LogP contribution in [-0.2, 0) is 16.1 Å². The van der Waals surface area contributed by atoms with Gasteiger partial charge in [0.2, 0.25) is 11.8 Å². The van der Waals surface area contributed by atoms with E-state index < -0.39 is 12.1 Å². The minimum Gasteiger partial charge on any atom is -0.372 e. The molecule has 2 fully saturated rings. The highest BCUT2D eigenvalue weighted by Gasteiger charge is 2.41. The van der Waals surface area contributed by atoms with Crippen molar-refractivity contribution in [1.82, 2.24) is 10.6 Å². The molecule has 2 aromatic carbocycles. The lowest BCUT2D eigenvalue weighted by atomic mass is 9.96. The summed E-state index contributed by atoms with van der Waals surface area (Å²) in [7, 11) is 0. The maximum Gasteiger partial charge on any atom is 0.391 e. The summed E-state index contributed by atoms with van der Waals surface area (Å²) in [4.78, 5) is 25.3. The van der Waals surface area contributed by atoms with E-state index in [-0.39, 0.29) is 37.0 Å². The van der Waals surface area contributed by atoms with Crippen LogP contribution in [0.3, 0.4) is 0 Å². The van der Waals surface area contributed by atoms with Gasteiger partial charge in [-0.1, -0.05) is 12.1 Å². The molecule has 33 heavy (non-hydrogen) atoms. The number of anilines is 3. The number of alkyl halides is 3. The van der Waals surface area contributed by atoms with Gasteiger partial charge in [0.1, 0.15) is 0 Å². The first-order valence-electron chi connectivity index (χ1n) is 11.1.